The van der Waals surface area contributed by atoms with Crippen molar-refractivity contribution < 1.29 is 9.32 Å². The maximum absolute atomic E-state index is 12.4. The number of anilines is 1. The summed E-state index contributed by atoms with van der Waals surface area (Å²) in [6, 6.07) is 9.75. The fourth-order valence-corrected chi connectivity index (χ4v) is 4.13. The van der Waals surface area contributed by atoms with Gasteiger partial charge in [0.2, 0.25) is 0 Å². The van der Waals surface area contributed by atoms with Gasteiger partial charge in [-0.2, -0.15) is 0 Å². The number of thiazole rings is 1. The summed E-state index contributed by atoms with van der Waals surface area (Å²) in [5.74, 6) is 1.43. The number of amides is 2. The van der Waals surface area contributed by atoms with E-state index < -0.39 is 0 Å². The number of urea groups is 1. The smallest absolute Gasteiger partial charge is 0.323 e. The van der Waals surface area contributed by atoms with Gasteiger partial charge in [0.15, 0.2) is 5.82 Å². The van der Waals surface area contributed by atoms with Crippen molar-refractivity contribution in [3.8, 4) is 0 Å². The van der Waals surface area contributed by atoms with E-state index >= 15 is 0 Å². The predicted octanol–water partition coefficient (Wildman–Crippen LogP) is 4.00. The molecule has 1 N–H and O–H groups in total. The number of rotatable bonds is 2. The lowest BCUT2D eigenvalue weighted by Crippen LogP contribution is -2.41. The molecule has 3 aromatic rings. The van der Waals surface area contributed by atoms with E-state index in [9.17, 15) is 4.79 Å². The van der Waals surface area contributed by atoms with Crippen molar-refractivity contribution in [3.63, 3.8) is 0 Å². The van der Waals surface area contributed by atoms with E-state index in [1.54, 1.807) is 24.3 Å². The second-order valence-electron chi connectivity index (χ2n) is 6.06. The normalized spacial score (nSPS) is 18.0. The second kappa shape index (κ2) is 6.24. The van der Waals surface area contributed by atoms with Crippen LogP contribution in [0.4, 0.5) is 10.6 Å². The number of hydrogen-bond acceptors (Lipinski definition) is 5. The number of piperidine rings is 1. The summed E-state index contributed by atoms with van der Waals surface area (Å²) in [5, 5.41) is 7.73. The topological polar surface area (TPSA) is 71.3 Å². The molecule has 2 amide bonds. The van der Waals surface area contributed by atoms with Crippen LogP contribution in [-0.2, 0) is 0 Å². The van der Waals surface area contributed by atoms with Crippen molar-refractivity contribution >= 4 is 33.4 Å². The van der Waals surface area contributed by atoms with Crippen LogP contribution in [0.15, 0.2) is 34.9 Å². The third-order valence-electron chi connectivity index (χ3n) is 4.23. The molecule has 124 valence electrons. The fraction of sp³-hybridized carbons (Fsp3) is 0.353. The number of aromatic nitrogens is 2. The van der Waals surface area contributed by atoms with Gasteiger partial charge in [-0.1, -0.05) is 17.3 Å². The maximum atomic E-state index is 12.4. The van der Waals surface area contributed by atoms with Crippen LogP contribution in [0.2, 0.25) is 0 Å². The summed E-state index contributed by atoms with van der Waals surface area (Å²) in [6.07, 6.45) is 2.04. The summed E-state index contributed by atoms with van der Waals surface area (Å²) >= 11 is 1.73. The first-order valence-corrected chi connectivity index (χ1v) is 8.85. The zero-order chi connectivity index (χ0) is 16.5. The van der Waals surface area contributed by atoms with Crippen LogP contribution in [0.1, 0.15) is 29.5 Å². The number of para-hydroxylation sites is 1. The molecule has 0 unspecified atom stereocenters. The first-order chi connectivity index (χ1) is 11.7. The number of benzene rings is 1. The molecule has 1 fully saturated rings. The molecule has 4 rings (SSSR count). The summed E-state index contributed by atoms with van der Waals surface area (Å²) in [7, 11) is 0. The van der Waals surface area contributed by atoms with Gasteiger partial charge in [-0.25, -0.2) is 9.78 Å². The van der Waals surface area contributed by atoms with Gasteiger partial charge in [0.05, 0.1) is 15.2 Å². The molecular formula is C17H18N4O2S. The minimum absolute atomic E-state index is 0.130. The molecule has 1 saturated heterocycles. The lowest BCUT2D eigenvalue weighted by atomic mass is 9.99. The van der Waals surface area contributed by atoms with E-state index in [0.717, 1.165) is 29.9 Å². The average molecular weight is 342 g/mol. The molecule has 3 heterocycles. The van der Waals surface area contributed by atoms with Gasteiger partial charge in [-0.15, -0.1) is 11.3 Å². The quantitative estimate of drug-likeness (QED) is 0.764. The number of aryl methyl sites for hydroxylation is 1. The molecule has 0 aliphatic carbocycles. The Morgan fingerprint density at radius 3 is 3.08 bits per heavy atom. The standard InChI is InChI=1S/C17H18N4O2S/c1-11-9-15(20-23-11)19-17(22)21-8-4-5-12(10-21)16-18-13-6-2-3-7-14(13)24-16/h2-3,6-7,9,12H,4-5,8,10H2,1H3,(H,19,20,22)/t12-/m1/s1. The van der Waals surface area contributed by atoms with Crippen molar-refractivity contribution in [2.75, 3.05) is 18.4 Å². The highest BCUT2D eigenvalue weighted by molar-refractivity contribution is 7.18. The molecule has 0 bridgehead atoms. The highest BCUT2D eigenvalue weighted by atomic mass is 32.1. The Morgan fingerprint density at radius 2 is 2.29 bits per heavy atom. The van der Waals surface area contributed by atoms with Crippen LogP contribution in [0, 0.1) is 6.92 Å². The van der Waals surface area contributed by atoms with Crippen LogP contribution in [0.25, 0.3) is 10.2 Å². The number of fused-ring (bicyclic) bond motifs is 1. The highest BCUT2D eigenvalue weighted by Gasteiger charge is 2.27. The van der Waals surface area contributed by atoms with Crippen molar-refractivity contribution in [3.05, 3.63) is 41.1 Å². The van der Waals surface area contributed by atoms with Crippen molar-refractivity contribution in [1.29, 1.82) is 0 Å². The molecule has 0 spiro atoms. The van der Waals surface area contributed by atoms with E-state index in [1.165, 1.54) is 4.70 Å². The molecule has 0 radical (unpaired) electrons. The van der Waals surface area contributed by atoms with Crippen LogP contribution < -0.4 is 5.32 Å². The van der Waals surface area contributed by atoms with E-state index in [-0.39, 0.29) is 6.03 Å². The van der Waals surface area contributed by atoms with E-state index in [1.807, 2.05) is 23.1 Å². The van der Waals surface area contributed by atoms with Gasteiger partial charge < -0.3 is 9.42 Å². The van der Waals surface area contributed by atoms with Crippen LogP contribution >= 0.6 is 11.3 Å². The van der Waals surface area contributed by atoms with Gasteiger partial charge >= 0.3 is 6.03 Å². The SMILES string of the molecule is Cc1cc(NC(=O)N2CCC[C@@H](c3nc4ccccc4s3)C2)no1. The molecule has 1 atom stereocenters. The average Bonchev–Trinajstić information content (AvgIpc) is 3.21. The van der Waals surface area contributed by atoms with Crippen LogP contribution in [0.3, 0.4) is 0 Å². The lowest BCUT2D eigenvalue weighted by Gasteiger charge is -2.31. The minimum atomic E-state index is -0.130. The molecule has 1 aliphatic heterocycles. The monoisotopic (exact) mass is 342 g/mol. The summed E-state index contributed by atoms with van der Waals surface area (Å²) < 4.78 is 6.19. The Hall–Kier alpha value is -2.41. The van der Waals surface area contributed by atoms with E-state index in [4.69, 9.17) is 9.51 Å². The number of nitrogens with zero attached hydrogens (tertiary/aromatic N) is 3. The Labute approximate surface area is 143 Å². The lowest BCUT2D eigenvalue weighted by molar-refractivity contribution is 0.192. The number of carbonyl (C=O) groups excluding carboxylic acids is 1. The summed E-state index contributed by atoms with van der Waals surface area (Å²) in [6.45, 7) is 3.24. The second-order valence-corrected chi connectivity index (χ2v) is 7.12. The summed E-state index contributed by atoms with van der Waals surface area (Å²) in [5.41, 5.74) is 1.04. The van der Waals surface area contributed by atoms with E-state index in [2.05, 4.69) is 16.5 Å². The van der Waals surface area contributed by atoms with Crippen molar-refractivity contribution in [1.82, 2.24) is 15.0 Å². The molecule has 1 aliphatic rings. The minimum Gasteiger partial charge on any atom is -0.360 e. The molecule has 0 saturated carbocycles. The molecule has 6 nitrogen and oxygen atoms in total. The fourth-order valence-electron chi connectivity index (χ4n) is 3.04. The van der Waals surface area contributed by atoms with E-state index in [0.29, 0.717) is 24.0 Å². The van der Waals surface area contributed by atoms with Crippen LogP contribution in [-0.4, -0.2) is 34.2 Å². The number of nitrogens with one attached hydrogen (secondary N) is 1. The van der Waals surface area contributed by atoms with Gasteiger partial charge in [-0.3, -0.25) is 5.32 Å². The summed E-state index contributed by atoms with van der Waals surface area (Å²) in [4.78, 5) is 19.0. The zero-order valence-electron chi connectivity index (χ0n) is 13.4. The first-order valence-electron chi connectivity index (χ1n) is 8.04. The van der Waals surface area contributed by atoms with Gasteiger partial charge in [0, 0.05) is 25.1 Å². The predicted molar refractivity (Wildman–Crippen MR) is 93.4 cm³/mol. The largest absolute Gasteiger partial charge is 0.360 e. The first kappa shape index (κ1) is 15.1. The Kier molecular flexibility index (Phi) is 3.93. The van der Waals surface area contributed by atoms with Crippen molar-refractivity contribution in [2.24, 2.45) is 0 Å². The molecule has 1 aromatic carbocycles. The third kappa shape index (κ3) is 2.99. The highest BCUT2D eigenvalue weighted by Crippen LogP contribution is 2.33. The van der Waals surface area contributed by atoms with Crippen molar-refractivity contribution in [2.45, 2.75) is 25.7 Å². The maximum Gasteiger partial charge on any atom is 0.323 e. The van der Waals surface area contributed by atoms with Crippen LogP contribution in [0.5, 0.6) is 0 Å². The Morgan fingerprint density at radius 1 is 1.42 bits per heavy atom. The Bertz CT molecular complexity index is 839. The van der Waals surface area contributed by atoms with Gasteiger partial charge in [-0.05, 0) is 31.9 Å². The number of carbonyl (C=O) groups is 1. The third-order valence-corrected chi connectivity index (χ3v) is 5.43. The molecular weight excluding hydrogens is 324 g/mol. The Balaban J connectivity index is 1.47. The van der Waals surface area contributed by atoms with Gasteiger partial charge in [0.1, 0.15) is 5.76 Å². The zero-order valence-corrected chi connectivity index (χ0v) is 14.2. The number of likely N-dealkylation sites (tertiary alicyclic amines) is 1. The molecule has 24 heavy (non-hydrogen) atoms. The molecule has 7 heteroatoms. The van der Waals surface area contributed by atoms with Gasteiger partial charge in [0.25, 0.3) is 0 Å². The molecule has 2 aromatic heterocycles. The number of hydrogen-bond donors (Lipinski definition) is 1.